The predicted molar refractivity (Wildman–Crippen MR) is 77.0 cm³/mol. The molecule has 92 valence electrons. The molecule has 0 fully saturated rings. The van der Waals surface area contributed by atoms with Gasteiger partial charge in [0.25, 0.3) is 0 Å². The van der Waals surface area contributed by atoms with Crippen LogP contribution in [-0.4, -0.2) is 11.3 Å². The van der Waals surface area contributed by atoms with E-state index in [1.165, 1.54) is 0 Å². The van der Waals surface area contributed by atoms with Crippen LogP contribution in [0.1, 0.15) is 46.4 Å². The van der Waals surface area contributed by atoms with E-state index in [0.717, 1.165) is 22.6 Å². The summed E-state index contributed by atoms with van der Waals surface area (Å²) in [6, 6.07) is 7.51. The van der Waals surface area contributed by atoms with Crippen molar-refractivity contribution >= 4 is 29.8 Å². The highest BCUT2D eigenvalue weighted by Crippen LogP contribution is 2.19. The van der Waals surface area contributed by atoms with E-state index in [1.54, 1.807) is 17.4 Å². The van der Waals surface area contributed by atoms with Gasteiger partial charge in [0, 0.05) is 10.9 Å². The van der Waals surface area contributed by atoms with Gasteiger partial charge in [-0.2, -0.15) is 0 Å². The summed E-state index contributed by atoms with van der Waals surface area (Å²) in [5.74, 6) is 0.460. The van der Waals surface area contributed by atoms with Gasteiger partial charge in [0.05, 0.1) is 5.69 Å². The third-order valence-electron chi connectivity index (χ3n) is 2.60. The molecule has 18 heavy (non-hydrogen) atoms. The van der Waals surface area contributed by atoms with E-state index >= 15 is 0 Å². The lowest BCUT2D eigenvalue weighted by Gasteiger charge is -1.96. The molecule has 0 aliphatic carbocycles. The predicted octanol–water partition coefficient (Wildman–Crippen LogP) is 4.25. The Morgan fingerprint density at radius 1 is 1.22 bits per heavy atom. The average molecular weight is 257 g/mol. The number of nitrogens with zero attached hydrogens (tertiary/aromatic N) is 1. The van der Waals surface area contributed by atoms with Crippen LogP contribution in [0.5, 0.6) is 0 Å². The van der Waals surface area contributed by atoms with Gasteiger partial charge in [-0.25, -0.2) is 4.98 Å². The minimum atomic E-state index is 0.460. The van der Waals surface area contributed by atoms with Crippen LogP contribution in [0.3, 0.4) is 0 Å². The molecule has 0 radical (unpaired) electrons. The molecule has 2 nitrogen and oxygen atoms in total. The van der Waals surface area contributed by atoms with Gasteiger partial charge in [0.2, 0.25) is 0 Å². The SMILES string of the molecule is CC(C)c1csc(/C=C/c2cccc(C=O)c2)n1. The molecule has 0 aliphatic heterocycles. The fourth-order valence-electron chi connectivity index (χ4n) is 1.55. The first kappa shape index (κ1) is 12.7. The van der Waals surface area contributed by atoms with Crippen LogP contribution in [0, 0.1) is 0 Å². The van der Waals surface area contributed by atoms with Crippen molar-refractivity contribution in [2.75, 3.05) is 0 Å². The van der Waals surface area contributed by atoms with E-state index in [1.807, 2.05) is 30.4 Å². The van der Waals surface area contributed by atoms with Gasteiger partial charge in [-0.3, -0.25) is 4.79 Å². The van der Waals surface area contributed by atoms with Gasteiger partial charge in [0.1, 0.15) is 11.3 Å². The molecule has 1 aromatic heterocycles. The Hall–Kier alpha value is -1.74. The summed E-state index contributed by atoms with van der Waals surface area (Å²) in [6.07, 6.45) is 4.83. The standard InChI is InChI=1S/C15H15NOS/c1-11(2)14-10-18-15(16-14)7-6-12-4-3-5-13(8-12)9-17/h3-11H,1-2H3/b7-6+. The van der Waals surface area contributed by atoms with Crippen LogP contribution in [0.25, 0.3) is 12.2 Å². The molecular formula is C15H15NOS. The number of aldehydes is 1. The minimum Gasteiger partial charge on any atom is -0.298 e. The van der Waals surface area contributed by atoms with Crippen LogP contribution in [0.15, 0.2) is 29.6 Å². The number of benzene rings is 1. The molecule has 0 unspecified atom stereocenters. The third-order valence-corrected chi connectivity index (χ3v) is 3.42. The van der Waals surface area contributed by atoms with E-state index in [0.29, 0.717) is 11.5 Å². The van der Waals surface area contributed by atoms with E-state index in [9.17, 15) is 4.79 Å². The Morgan fingerprint density at radius 2 is 2.00 bits per heavy atom. The Bertz CT molecular complexity index is 569. The second-order valence-electron chi connectivity index (χ2n) is 4.39. The second kappa shape index (κ2) is 5.74. The molecular weight excluding hydrogens is 242 g/mol. The number of aromatic nitrogens is 1. The molecule has 0 saturated heterocycles. The van der Waals surface area contributed by atoms with E-state index in [-0.39, 0.29) is 0 Å². The maximum atomic E-state index is 10.7. The first-order valence-electron chi connectivity index (χ1n) is 5.88. The van der Waals surface area contributed by atoms with Crippen LogP contribution < -0.4 is 0 Å². The highest BCUT2D eigenvalue weighted by atomic mass is 32.1. The summed E-state index contributed by atoms with van der Waals surface area (Å²) in [5, 5.41) is 3.09. The van der Waals surface area contributed by atoms with Crippen molar-refractivity contribution in [2.24, 2.45) is 0 Å². The van der Waals surface area contributed by atoms with E-state index in [4.69, 9.17) is 0 Å². The zero-order valence-corrected chi connectivity index (χ0v) is 11.3. The second-order valence-corrected chi connectivity index (χ2v) is 5.28. The molecule has 0 amide bonds. The smallest absolute Gasteiger partial charge is 0.150 e. The maximum Gasteiger partial charge on any atom is 0.150 e. The summed E-state index contributed by atoms with van der Waals surface area (Å²) in [5.41, 5.74) is 2.83. The molecule has 0 N–H and O–H groups in total. The Labute approximate surface area is 111 Å². The summed E-state index contributed by atoms with van der Waals surface area (Å²) in [4.78, 5) is 15.2. The molecule has 0 spiro atoms. The lowest BCUT2D eigenvalue weighted by molar-refractivity contribution is 0.112. The van der Waals surface area contributed by atoms with E-state index < -0.39 is 0 Å². The van der Waals surface area contributed by atoms with Gasteiger partial charge < -0.3 is 0 Å². The molecule has 1 heterocycles. The minimum absolute atomic E-state index is 0.460. The van der Waals surface area contributed by atoms with Crippen molar-refractivity contribution < 1.29 is 4.79 Å². The molecule has 0 atom stereocenters. The number of carbonyl (C=O) groups excluding carboxylic acids is 1. The average Bonchev–Trinajstić information content (AvgIpc) is 2.85. The molecule has 2 aromatic rings. The number of carbonyl (C=O) groups is 1. The molecule has 1 aromatic carbocycles. The Kier molecular flexibility index (Phi) is 4.05. The number of hydrogen-bond donors (Lipinski definition) is 0. The maximum absolute atomic E-state index is 10.7. The van der Waals surface area contributed by atoms with Gasteiger partial charge in [-0.1, -0.05) is 38.1 Å². The molecule has 0 saturated carbocycles. The van der Waals surface area contributed by atoms with Crippen molar-refractivity contribution in [3.8, 4) is 0 Å². The van der Waals surface area contributed by atoms with Crippen LogP contribution in [0.4, 0.5) is 0 Å². The van der Waals surface area contributed by atoms with Gasteiger partial charge >= 0.3 is 0 Å². The van der Waals surface area contributed by atoms with Gasteiger partial charge in [0.15, 0.2) is 0 Å². The zero-order valence-electron chi connectivity index (χ0n) is 10.5. The lowest BCUT2D eigenvalue weighted by atomic mass is 10.1. The largest absolute Gasteiger partial charge is 0.298 e. The van der Waals surface area contributed by atoms with E-state index in [2.05, 4.69) is 24.2 Å². The van der Waals surface area contributed by atoms with Gasteiger partial charge in [-0.05, 0) is 23.6 Å². The summed E-state index contributed by atoms with van der Waals surface area (Å²) in [6.45, 7) is 4.27. The van der Waals surface area contributed by atoms with Crippen LogP contribution in [0.2, 0.25) is 0 Å². The van der Waals surface area contributed by atoms with Crippen LogP contribution in [-0.2, 0) is 0 Å². The molecule has 0 bridgehead atoms. The zero-order chi connectivity index (χ0) is 13.0. The lowest BCUT2D eigenvalue weighted by Crippen LogP contribution is -1.86. The highest BCUT2D eigenvalue weighted by molar-refractivity contribution is 7.10. The van der Waals surface area contributed by atoms with Crippen molar-refractivity contribution in [3.05, 3.63) is 51.5 Å². The van der Waals surface area contributed by atoms with Crippen LogP contribution >= 0.6 is 11.3 Å². The van der Waals surface area contributed by atoms with Gasteiger partial charge in [-0.15, -0.1) is 11.3 Å². The quantitative estimate of drug-likeness (QED) is 0.766. The molecule has 0 aliphatic rings. The number of thiazole rings is 1. The molecule has 2 rings (SSSR count). The normalized spacial score (nSPS) is 11.3. The van der Waals surface area contributed by atoms with Crippen molar-refractivity contribution in [2.45, 2.75) is 19.8 Å². The van der Waals surface area contributed by atoms with Crippen molar-refractivity contribution in [3.63, 3.8) is 0 Å². The first-order chi connectivity index (χ1) is 8.69. The summed E-state index contributed by atoms with van der Waals surface area (Å²) >= 11 is 1.64. The van der Waals surface area contributed by atoms with Crippen molar-refractivity contribution in [1.82, 2.24) is 4.98 Å². The fraction of sp³-hybridized carbons (Fsp3) is 0.200. The van der Waals surface area contributed by atoms with Crippen molar-refractivity contribution in [1.29, 1.82) is 0 Å². The summed E-state index contributed by atoms with van der Waals surface area (Å²) < 4.78 is 0. The molecule has 3 heteroatoms. The fourth-order valence-corrected chi connectivity index (χ4v) is 2.42. The monoisotopic (exact) mass is 257 g/mol. The Balaban J connectivity index is 2.16. The number of rotatable bonds is 4. The Morgan fingerprint density at radius 3 is 2.67 bits per heavy atom. The number of hydrogen-bond acceptors (Lipinski definition) is 3. The first-order valence-corrected chi connectivity index (χ1v) is 6.76. The highest BCUT2D eigenvalue weighted by Gasteiger charge is 2.02. The topological polar surface area (TPSA) is 30.0 Å². The third kappa shape index (κ3) is 3.14. The summed E-state index contributed by atoms with van der Waals surface area (Å²) in [7, 11) is 0.